The summed E-state index contributed by atoms with van der Waals surface area (Å²) in [6.07, 6.45) is 3.07. The van der Waals surface area contributed by atoms with Gasteiger partial charge in [0.25, 0.3) is 0 Å². The molecule has 3 nitrogen and oxygen atoms in total. The molecule has 2 atom stereocenters. The van der Waals surface area contributed by atoms with Crippen LogP contribution in [-0.4, -0.2) is 42.7 Å². The number of likely N-dealkylation sites (tertiary alicyclic amines) is 1. The van der Waals surface area contributed by atoms with Crippen molar-refractivity contribution in [2.75, 3.05) is 31.6 Å². The van der Waals surface area contributed by atoms with Crippen LogP contribution in [0.25, 0.3) is 0 Å². The lowest BCUT2D eigenvalue weighted by Gasteiger charge is -2.29. The van der Waals surface area contributed by atoms with E-state index in [4.69, 9.17) is 0 Å². The minimum absolute atomic E-state index is 0.334. The Hall–Kier alpha value is -1.06. The van der Waals surface area contributed by atoms with E-state index in [1.807, 2.05) is 19.1 Å². The minimum Gasteiger partial charge on any atom is -0.388 e. The Labute approximate surface area is 123 Å². The van der Waals surface area contributed by atoms with Gasteiger partial charge in [0.2, 0.25) is 0 Å². The molecule has 0 aromatic heterocycles. The van der Waals surface area contributed by atoms with Gasteiger partial charge in [-0.25, -0.2) is 0 Å². The van der Waals surface area contributed by atoms with Crippen LogP contribution >= 0.6 is 0 Å². The van der Waals surface area contributed by atoms with Crippen molar-refractivity contribution in [1.82, 2.24) is 4.90 Å². The molecule has 1 aliphatic rings. The first kappa shape index (κ1) is 15.3. The van der Waals surface area contributed by atoms with Gasteiger partial charge in [-0.15, -0.1) is 0 Å². The highest BCUT2D eigenvalue weighted by Crippen LogP contribution is 2.23. The van der Waals surface area contributed by atoms with Crippen LogP contribution in [0, 0.1) is 0 Å². The van der Waals surface area contributed by atoms with Crippen molar-refractivity contribution in [3.05, 3.63) is 29.8 Å². The fourth-order valence-electron chi connectivity index (χ4n) is 3.13. The van der Waals surface area contributed by atoms with Crippen molar-refractivity contribution in [2.24, 2.45) is 0 Å². The molecule has 2 rings (SSSR count). The molecule has 0 bridgehead atoms. The van der Waals surface area contributed by atoms with Crippen molar-refractivity contribution in [1.29, 1.82) is 0 Å². The Morgan fingerprint density at radius 3 is 2.60 bits per heavy atom. The molecule has 0 aliphatic carbocycles. The lowest BCUT2D eigenvalue weighted by atomic mass is 10.1. The molecule has 0 amide bonds. The smallest absolute Gasteiger partial charge is 0.0787 e. The summed E-state index contributed by atoms with van der Waals surface area (Å²) in [7, 11) is 2.16. The SMILES string of the molecule is CCC(O)c1ccc(N(C)CC2CCCN2CC)cc1. The second-order valence-electron chi connectivity index (χ2n) is 5.82. The van der Waals surface area contributed by atoms with E-state index in [9.17, 15) is 5.11 Å². The number of hydrogen-bond donors (Lipinski definition) is 1. The van der Waals surface area contributed by atoms with E-state index in [0.29, 0.717) is 6.04 Å². The van der Waals surface area contributed by atoms with Gasteiger partial charge >= 0.3 is 0 Å². The van der Waals surface area contributed by atoms with Crippen LogP contribution in [0.4, 0.5) is 5.69 Å². The summed E-state index contributed by atoms with van der Waals surface area (Å²) >= 11 is 0. The molecule has 0 spiro atoms. The number of anilines is 1. The highest BCUT2D eigenvalue weighted by Gasteiger charge is 2.24. The second-order valence-corrected chi connectivity index (χ2v) is 5.82. The number of likely N-dealkylation sites (N-methyl/N-ethyl adjacent to an activating group) is 2. The molecule has 1 aliphatic heterocycles. The first-order chi connectivity index (χ1) is 9.65. The third-order valence-electron chi connectivity index (χ3n) is 4.50. The van der Waals surface area contributed by atoms with Crippen LogP contribution in [0.3, 0.4) is 0 Å². The van der Waals surface area contributed by atoms with Crippen molar-refractivity contribution >= 4 is 5.69 Å². The standard InChI is InChI=1S/C17H28N2O/c1-4-17(20)14-8-10-15(11-9-14)18(3)13-16-7-6-12-19(16)5-2/h8-11,16-17,20H,4-7,12-13H2,1-3H3. The number of aliphatic hydroxyl groups is 1. The number of aliphatic hydroxyl groups excluding tert-OH is 1. The molecule has 1 saturated heterocycles. The summed E-state index contributed by atoms with van der Waals surface area (Å²) in [5, 5.41) is 9.83. The van der Waals surface area contributed by atoms with Crippen molar-refractivity contribution in [2.45, 2.75) is 45.3 Å². The van der Waals surface area contributed by atoms with Crippen molar-refractivity contribution in [3.63, 3.8) is 0 Å². The van der Waals surface area contributed by atoms with Crippen LogP contribution in [0.2, 0.25) is 0 Å². The zero-order chi connectivity index (χ0) is 14.5. The molecule has 2 unspecified atom stereocenters. The molecule has 1 heterocycles. The highest BCUT2D eigenvalue weighted by molar-refractivity contribution is 5.47. The molecule has 1 N–H and O–H groups in total. The molecule has 3 heteroatoms. The van der Waals surface area contributed by atoms with E-state index in [0.717, 1.165) is 25.1 Å². The molecule has 20 heavy (non-hydrogen) atoms. The van der Waals surface area contributed by atoms with E-state index < -0.39 is 0 Å². The van der Waals surface area contributed by atoms with Gasteiger partial charge < -0.3 is 10.0 Å². The Bertz CT molecular complexity index is 404. The zero-order valence-corrected chi connectivity index (χ0v) is 13.0. The summed E-state index contributed by atoms with van der Waals surface area (Å²) in [6.45, 7) is 7.74. The molecule has 0 radical (unpaired) electrons. The van der Waals surface area contributed by atoms with E-state index in [2.05, 4.69) is 35.9 Å². The molecule has 1 aromatic carbocycles. The van der Waals surface area contributed by atoms with Gasteiger partial charge in [-0.1, -0.05) is 26.0 Å². The fraction of sp³-hybridized carbons (Fsp3) is 0.647. The van der Waals surface area contributed by atoms with Crippen molar-refractivity contribution < 1.29 is 5.11 Å². The molecule has 1 fully saturated rings. The van der Waals surface area contributed by atoms with Gasteiger partial charge in [-0.2, -0.15) is 0 Å². The normalized spacial score (nSPS) is 21.1. The Morgan fingerprint density at radius 1 is 1.30 bits per heavy atom. The molecular formula is C17H28N2O. The van der Waals surface area contributed by atoms with Crippen LogP contribution in [0.1, 0.15) is 44.8 Å². The summed E-state index contributed by atoms with van der Waals surface area (Å²) in [5.74, 6) is 0. The van der Waals surface area contributed by atoms with E-state index >= 15 is 0 Å². The first-order valence-corrected chi connectivity index (χ1v) is 7.88. The van der Waals surface area contributed by atoms with Gasteiger partial charge in [-0.3, -0.25) is 4.90 Å². The third-order valence-corrected chi connectivity index (χ3v) is 4.50. The average molecular weight is 276 g/mol. The predicted octanol–water partition coefficient (Wildman–Crippen LogP) is 3.05. The Balaban J connectivity index is 1.97. The maximum atomic E-state index is 9.83. The van der Waals surface area contributed by atoms with E-state index in [1.54, 1.807) is 0 Å². The van der Waals surface area contributed by atoms with E-state index in [1.165, 1.54) is 25.1 Å². The topological polar surface area (TPSA) is 26.7 Å². The van der Waals surface area contributed by atoms with Gasteiger partial charge in [0.1, 0.15) is 0 Å². The molecular weight excluding hydrogens is 248 g/mol. The van der Waals surface area contributed by atoms with Gasteiger partial charge in [0, 0.05) is 25.3 Å². The molecule has 112 valence electrons. The molecule has 1 aromatic rings. The van der Waals surface area contributed by atoms with Crippen LogP contribution < -0.4 is 4.90 Å². The summed E-state index contributed by atoms with van der Waals surface area (Å²) in [4.78, 5) is 4.91. The minimum atomic E-state index is -0.334. The van der Waals surface area contributed by atoms with Crippen LogP contribution in [0.5, 0.6) is 0 Å². The lowest BCUT2D eigenvalue weighted by Crippen LogP contribution is -2.38. The van der Waals surface area contributed by atoms with Gasteiger partial charge in [-0.05, 0) is 50.0 Å². The summed E-state index contributed by atoms with van der Waals surface area (Å²) < 4.78 is 0. The van der Waals surface area contributed by atoms with Crippen LogP contribution in [-0.2, 0) is 0 Å². The Morgan fingerprint density at radius 2 is 2.00 bits per heavy atom. The number of hydrogen-bond acceptors (Lipinski definition) is 3. The number of nitrogens with zero attached hydrogens (tertiary/aromatic N) is 2. The maximum absolute atomic E-state index is 9.83. The average Bonchev–Trinajstić information content (AvgIpc) is 2.93. The molecule has 0 saturated carbocycles. The summed E-state index contributed by atoms with van der Waals surface area (Å²) in [6, 6.07) is 9.03. The van der Waals surface area contributed by atoms with Gasteiger partial charge in [0.05, 0.1) is 6.10 Å². The second kappa shape index (κ2) is 7.09. The third kappa shape index (κ3) is 3.53. The Kier molecular flexibility index (Phi) is 5.44. The summed E-state index contributed by atoms with van der Waals surface area (Å²) in [5.41, 5.74) is 2.25. The predicted molar refractivity (Wildman–Crippen MR) is 85.2 cm³/mol. The fourth-order valence-corrected chi connectivity index (χ4v) is 3.13. The van der Waals surface area contributed by atoms with E-state index in [-0.39, 0.29) is 6.10 Å². The lowest BCUT2D eigenvalue weighted by molar-refractivity contribution is 0.173. The number of benzene rings is 1. The monoisotopic (exact) mass is 276 g/mol. The van der Waals surface area contributed by atoms with Crippen molar-refractivity contribution in [3.8, 4) is 0 Å². The quantitative estimate of drug-likeness (QED) is 0.865. The maximum Gasteiger partial charge on any atom is 0.0787 e. The van der Waals surface area contributed by atoms with Crippen LogP contribution in [0.15, 0.2) is 24.3 Å². The number of rotatable bonds is 6. The van der Waals surface area contributed by atoms with Gasteiger partial charge in [0.15, 0.2) is 0 Å². The highest BCUT2D eigenvalue weighted by atomic mass is 16.3. The largest absolute Gasteiger partial charge is 0.388 e. The zero-order valence-electron chi connectivity index (χ0n) is 13.0. The first-order valence-electron chi connectivity index (χ1n) is 7.88.